The number of rotatable bonds is 2. The number of hydrogen-bond acceptors (Lipinski definition) is 3. The molecule has 78 valence electrons. The maximum absolute atomic E-state index is 5.66. The zero-order chi connectivity index (χ0) is 10.8. The molecule has 2 rings (SSSR count). The smallest absolute Gasteiger partial charge is 0.123 e. The van der Waals surface area contributed by atoms with Gasteiger partial charge in [-0.3, -0.25) is 4.68 Å². The lowest BCUT2D eigenvalue weighted by Gasteiger charge is -2.00. The van der Waals surface area contributed by atoms with E-state index in [9.17, 15) is 0 Å². The molecule has 0 atom stereocenters. The van der Waals surface area contributed by atoms with Crippen molar-refractivity contribution in [1.82, 2.24) is 14.8 Å². The molecule has 0 radical (unpaired) electrons. The lowest BCUT2D eigenvalue weighted by molar-refractivity contribution is 0.746. The van der Waals surface area contributed by atoms with Crippen molar-refractivity contribution in [2.24, 2.45) is 7.05 Å². The Bertz CT molecular complexity index is 473. The summed E-state index contributed by atoms with van der Waals surface area (Å²) in [7, 11) is 1.92. The van der Waals surface area contributed by atoms with Gasteiger partial charge in [-0.1, -0.05) is 6.92 Å². The first-order chi connectivity index (χ1) is 7.20. The van der Waals surface area contributed by atoms with E-state index in [0.717, 1.165) is 23.2 Å². The Morgan fingerprint density at radius 3 is 2.93 bits per heavy atom. The summed E-state index contributed by atoms with van der Waals surface area (Å²) in [5, 5.41) is 4.39. The van der Waals surface area contributed by atoms with Gasteiger partial charge in [-0.2, -0.15) is 5.10 Å². The lowest BCUT2D eigenvalue weighted by Crippen LogP contribution is -1.91. The van der Waals surface area contributed by atoms with Gasteiger partial charge in [-0.25, -0.2) is 4.98 Å². The fourth-order valence-corrected chi connectivity index (χ4v) is 1.65. The molecule has 0 bridgehead atoms. The van der Waals surface area contributed by atoms with Gasteiger partial charge in [0, 0.05) is 25.0 Å². The van der Waals surface area contributed by atoms with Gasteiger partial charge < -0.3 is 5.73 Å². The second-order valence-corrected chi connectivity index (χ2v) is 3.49. The first-order valence-corrected chi connectivity index (χ1v) is 4.95. The highest BCUT2D eigenvalue weighted by Gasteiger charge is 2.08. The number of pyridine rings is 1. The quantitative estimate of drug-likeness (QED) is 0.805. The Labute approximate surface area is 88.8 Å². The van der Waals surface area contributed by atoms with Crippen LogP contribution in [0.1, 0.15) is 12.6 Å². The van der Waals surface area contributed by atoms with Crippen molar-refractivity contribution in [3.05, 3.63) is 30.2 Å². The van der Waals surface area contributed by atoms with Crippen molar-refractivity contribution >= 4 is 5.82 Å². The molecule has 0 saturated heterocycles. The summed E-state index contributed by atoms with van der Waals surface area (Å²) in [6.45, 7) is 2.09. The van der Waals surface area contributed by atoms with E-state index in [-0.39, 0.29) is 0 Å². The molecular formula is C11H14N4. The van der Waals surface area contributed by atoms with Gasteiger partial charge in [0.05, 0.1) is 5.69 Å². The Kier molecular flexibility index (Phi) is 2.41. The molecule has 4 nitrogen and oxygen atoms in total. The average Bonchev–Trinajstić information content (AvgIpc) is 2.59. The molecular weight excluding hydrogens is 188 g/mol. The molecule has 0 spiro atoms. The minimum atomic E-state index is 0.540. The number of hydrogen-bond donors (Lipinski definition) is 1. The third kappa shape index (κ3) is 1.83. The van der Waals surface area contributed by atoms with E-state index < -0.39 is 0 Å². The summed E-state index contributed by atoms with van der Waals surface area (Å²) in [4.78, 5) is 3.98. The van der Waals surface area contributed by atoms with Crippen LogP contribution in [0.25, 0.3) is 11.1 Å². The SMILES string of the molecule is CCc1nn(C)cc1-c1ccnc(N)c1. The summed E-state index contributed by atoms with van der Waals surface area (Å²) in [6, 6.07) is 3.82. The van der Waals surface area contributed by atoms with E-state index >= 15 is 0 Å². The predicted octanol–water partition coefficient (Wildman–Crippen LogP) is 1.63. The van der Waals surface area contributed by atoms with Crippen molar-refractivity contribution in [1.29, 1.82) is 0 Å². The maximum Gasteiger partial charge on any atom is 0.123 e. The highest BCUT2D eigenvalue weighted by atomic mass is 15.2. The topological polar surface area (TPSA) is 56.7 Å². The normalized spacial score (nSPS) is 10.5. The summed E-state index contributed by atoms with van der Waals surface area (Å²) in [6.07, 6.45) is 4.64. The minimum Gasteiger partial charge on any atom is -0.384 e. The number of nitrogen functional groups attached to an aromatic ring is 1. The van der Waals surface area contributed by atoms with Crippen LogP contribution in [0.3, 0.4) is 0 Å². The van der Waals surface area contributed by atoms with E-state index in [1.54, 1.807) is 6.20 Å². The van der Waals surface area contributed by atoms with Crippen molar-refractivity contribution in [2.45, 2.75) is 13.3 Å². The van der Waals surface area contributed by atoms with Crippen LogP contribution in [0, 0.1) is 0 Å². The molecule has 0 aliphatic heterocycles. The number of nitrogens with two attached hydrogens (primary N) is 1. The second-order valence-electron chi connectivity index (χ2n) is 3.49. The van der Waals surface area contributed by atoms with Gasteiger partial charge in [0.1, 0.15) is 5.82 Å². The van der Waals surface area contributed by atoms with Crippen molar-refractivity contribution in [3.8, 4) is 11.1 Å². The van der Waals surface area contributed by atoms with Crippen molar-refractivity contribution in [2.75, 3.05) is 5.73 Å². The lowest BCUT2D eigenvalue weighted by atomic mass is 10.1. The van der Waals surface area contributed by atoms with E-state index in [1.165, 1.54) is 0 Å². The highest BCUT2D eigenvalue weighted by Crippen LogP contribution is 2.23. The van der Waals surface area contributed by atoms with Gasteiger partial charge >= 0.3 is 0 Å². The van der Waals surface area contributed by atoms with Crippen molar-refractivity contribution < 1.29 is 0 Å². The van der Waals surface area contributed by atoms with Crippen LogP contribution in [0.5, 0.6) is 0 Å². The Balaban J connectivity index is 2.53. The summed E-state index contributed by atoms with van der Waals surface area (Å²) >= 11 is 0. The Hall–Kier alpha value is -1.84. The van der Waals surface area contributed by atoms with Crippen LogP contribution in [-0.2, 0) is 13.5 Å². The Morgan fingerprint density at radius 1 is 1.47 bits per heavy atom. The van der Waals surface area contributed by atoms with Crippen molar-refractivity contribution in [3.63, 3.8) is 0 Å². The Morgan fingerprint density at radius 2 is 2.27 bits per heavy atom. The zero-order valence-corrected chi connectivity index (χ0v) is 8.94. The number of aromatic nitrogens is 3. The highest BCUT2D eigenvalue weighted by molar-refractivity contribution is 5.67. The largest absolute Gasteiger partial charge is 0.384 e. The first-order valence-electron chi connectivity index (χ1n) is 4.95. The summed E-state index contributed by atoms with van der Waals surface area (Å²) < 4.78 is 1.82. The molecule has 2 heterocycles. The van der Waals surface area contributed by atoms with Gasteiger partial charge in [0.25, 0.3) is 0 Å². The predicted molar refractivity (Wildman–Crippen MR) is 60.2 cm³/mol. The number of nitrogens with zero attached hydrogens (tertiary/aromatic N) is 3. The number of aryl methyl sites for hydroxylation is 2. The molecule has 0 aliphatic carbocycles. The van der Waals surface area contributed by atoms with Gasteiger partial charge in [0.2, 0.25) is 0 Å². The van der Waals surface area contributed by atoms with E-state index in [4.69, 9.17) is 5.73 Å². The molecule has 0 amide bonds. The second kappa shape index (κ2) is 3.73. The van der Waals surface area contributed by atoms with E-state index in [1.807, 2.05) is 30.1 Å². The van der Waals surface area contributed by atoms with Crippen LogP contribution in [0.15, 0.2) is 24.5 Å². The van der Waals surface area contributed by atoms with Gasteiger partial charge in [0.15, 0.2) is 0 Å². The third-order valence-electron chi connectivity index (χ3n) is 2.33. The third-order valence-corrected chi connectivity index (χ3v) is 2.33. The monoisotopic (exact) mass is 202 g/mol. The van der Waals surface area contributed by atoms with E-state index in [0.29, 0.717) is 5.82 Å². The molecule has 2 aromatic rings. The fourth-order valence-electron chi connectivity index (χ4n) is 1.65. The maximum atomic E-state index is 5.66. The van der Waals surface area contributed by atoms with Crippen LogP contribution < -0.4 is 5.73 Å². The van der Waals surface area contributed by atoms with Crippen LogP contribution in [-0.4, -0.2) is 14.8 Å². The summed E-state index contributed by atoms with van der Waals surface area (Å²) in [5.41, 5.74) is 8.95. The zero-order valence-electron chi connectivity index (χ0n) is 8.94. The molecule has 2 N–H and O–H groups in total. The molecule has 0 aliphatic rings. The summed E-state index contributed by atoms with van der Waals surface area (Å²) in [5.74, 6) is 0.540. The molecule has 0 fully saturated rings. The first kappa shape index (κ1) is 9.71. The molecule has 4 heteroatoms. The molecule has 0 aromatic carbocycles. The molecule has 2 aromatic heterocycles. The molecule has 0 unspecified atom stereocenters. The van der Waals surface area contributed by atoms with Gasteiger partial charge in [-0.05, 0) is 24.1 Å². The van der Waals surface area contributed by atoms with Crippen LogP contribution >= 0.6 is 0 Å². The number of anilines is 1. The fraction of sp³-hybridized carbons (Fsp3) is 0.273. The average molecular weight is 202 g/mol. The van der Waals surface area contributed by atoms with Crippen LogP contribution in [0.2, 0.25) is 0 Å². The van der Waals surface area contributed by atoms with Gasteiger partial charge in [-0.15, -0.1) is 0 Å². The van der Waals surface area contributed by atoms with Crippen LogP contribution in [0.4, 0.5) is 5.82 Å². The molecule has 15 heavy (non-hydrogen) atoms. The molecule has 0 saturated carbocycles. The standard InChI is InChI=1S/C11H14N4/c1-3-10-9(7-15(2)14-10)8-4-5-13-11(12)6-8/h4-7H,3H2,1-2H3,(H2,12,13). The van der Waals surface area contributed by atoms with E-state index in [2.05, 4.69) is 17.0 Å². The minimum absolute atomic E-state index is 0.540.